The summed E-state index contributed by atoms with van der Waals surface area (Å²) < 4.78 is 83.5. The van der Waals surface area contributed by atoms with Crippen molar-refractivity contribution in [1.82, 2.24) is 0 Å². The van der Waals surface area contributed by atoms with Crippen LogP contribution in [0, 0.1) is 12.7 Å². The maximum Gasteiger partial charge on any atom is 0.416 e. The average molecular weight is 387 g/mol. The van der Waals surface area contributed by atoms with Gasteiger partial charge in [0.05, 0.1) is 10.5 Å². The molecule has 0 aliphatic carbocycles. The molecule has 1 aliphatic heterocycles. The second-order valence-electron chi connectivity index (χ2n) is 5.79. The topological polar surface area (TPSA) is 55.7 Å². The molecule has 138 valence electrons. The van der Waals surface area contributed by atoms with Crippen LogP contribution in [0.5, 0.6) is 0 Å². The van der Waals surface area contributed by atoms with Crippen molar-refractivity contribution in [2.75, 3.05) is 0 Å². The Morgan fingerprint density at radius 1 is 1.08 bits per heavy atom. The molecule has 2 aromatic carbocycles. The standard InChI is InChI=1S/C17H13F4NO3S/c1-10-2-5-12(6-3-10)26(23,24)16-15(25-9-22-16)13-8-11(17(19,20)21)4-7-14(13)18/h2-9,15-16H,1H3/t15-,16-/m1/s1. The Labute approximate surface area is 147 Å². The van der Waals surface area contributed by atoms with Gasteiger partial charge in [0.25, 0.3) is 0 Å². The zero-order valence-corrected chi connectivity index (χ0v) is 14.2. The van der Waals surface area contributed by atoms with Gasteiger partial charge in [0.2, 0.25) is 9.84 Å². The van der Waals surface area contributed by atoms with E-state index in [4.69, 9.17) is 4.74 Å². The first-order valence-electron chi connectivity index (χ1n) is 7.45. The Hall–Kier alpha value is -2.42. The van der Waals surface area contributed by atoms with E-state index < -0.39 is 44.4 Å². The summed E-state index contributed by atoms with van der Waals surface area (Å²) in [7, 11) is -4.09. The van der Waals surface area contributed by atoms with Gasteiger partial charge in [-0.05, 0) is 37.3 Å². The van der Waals surface area contributed by atoms with Crippen LogP contribution in [0.1, 0.15) is 22.8 Å². The van der Waals surface area contributed by atoms with Gasteiger partial charge in [-0.1, -0.05) is 17.7 Å². The Morgan fingerprint density at radius 3 is 2.35 bits per heavy atom. The van der Waals surface area contributed by atoms with E-state index in [0.29, 0.717) is 18.2 Å². The zero-order valence-electron chi connectivity index (χ0n) is 13.4. The van der Waals surface area contributed by atoms with Crippen LogP contribution in [-0.2, 0) is 20.8 Å². The molecule has 4 nitrogen and oxygen atoms in total. The summed E-state index contributed by atoms with van der Waals surface area (Å²) in [6.07, 6.45) is -5.39. The fourth-order valence-corrected chi connectivity index (χ4v) is 4.12. The number of benzene rings is 2. The van der Waals surface area contributed by atoms with Crippen LogP contribution in [0.2, 0.25) is 0 Å². The first-order valence-corrected chi connectivity index (χ1v) is 8.99. The Bertz CT molecular complexity index is 953. The highest BCUT2D eigenvalue weighted by Gasteiger charge is 2.42. The smallest absolute Gasteiger partial charge is 0.416 e. The number of aryl methyl sites for hydroxylation is 1. The van der Waals surface area contributed by atoms with E-state index in [-0.39, 0.29) is 4.90 Å². The summed E-state index contributed by atoms with van der Waals surface area (Å²) >= 11 is 0. The normalized spacial score (nSPS) is 20.2. The molecule has 0 amide bonds. The highest BCUT2D eigenvalue weighted by atomic mass is 32.2. The maximum absolute atomic E-state index is 14.1. The SMILES string of the molecule is Cc1ccc(S(=O)(=O)[C@H]2N=CO[C@@H]2c2cc(C(F)(F)F)ccc2F)cc1. The van der Waals surface area contributed by atoms with Crippen molar-refractivity contribution in [1.29, 1.82) is 0 Å². The van der Waals surface area contributed by atoms with Crippen LogP contribution in [0.3, 0.4) is 0 Å². The van der Waals surface area contributed by atoms with Gasteiger partial charge in [-0.2, -0.15) is 13.2 Å². The molecule has 0 saturated carbocycles. The van der Waals surface area contributed by atoms with Gasteiger partial charge in [-0.15, -0.1) is 0 Å². The monoisotopic (exact) mass is 387 g/mol. The molecule has 0 radical (unpaired) electrons. The van der Waals surface area contributed by atoms with Gasteiger partial charge in [-0.3, -0.25) is 0 Å². The number of aliphatic imine (C=N–C) groups is 1. The molecular weight excluding hydrogens is 374 g/mol. The molecule has 3 rings (SSSR count). The Kier molecular flexibility index (Phi) is 4.51. The lowest BCUT2D eigenvalue weighted by atomic mass is 10.0. The summed E-state index contributed by atoms with van der Waals surface area (Å²) in [5.41, 5.74) is -0.788. The van der Waals surface area contributed by atoms with Crippen molar-refractivity contribution in [2.24, 2.45) is 4.99 Å². The van der Waals surface area contributed by atoms with E-state index in [1.807, 2.05) is 0 Å². The number of hydrogen-bond donors (Lipinski definition) is 0. The second kappa shape index (κ2) is 6.39. The number of nitrogens with zero attached hydrogens (tertiary/aromatic N) is 1. The largest absolute Gasteiger partial charge is 0.472 e. The van der Waals surface area contributed by atoms with Gasteiger partial charge in [0.1, 0.15) is 5.82 Å². The molecule has 2 aromatic rings. The van der Waals surface area contributed by atoms with Crippen molar-refractivity contribution in [3.63, 3.8) is 0 Å². The van der Waals surface area contributed by atoms with Crippen molar-refractivity contribution in [2.45, 2.75) is 29.5 Å². The van der Waals surface area contributed by atoms with Crippen LogP contribution in [0.4, 0.5) is 17.6 Å². The average Bonchev–Trinajstić information content (AvgIpc) is 3.05. The van der Waals surface area contributed by atoms with Gasteiger partial charge >= 0.3 is 6.18 Å². The van der Waals surface area contributed by atoms with Crippen molar-refractivity contribution in [3.05, 3.63) is 65.0 Å². The van der Waals surface area contributed by atoms with E-state index in [2.05, 4.69) is 4.99 Å². The summed E-state index contributed by atoms with van der Waals surface area (Å²) in [6, 6.07) is 7.63. The minimum atomic E-state index is -4.70. The first-order chi connectivity index (χ1) is 12.1. The lowest BCUT2D eigenvalue weighted by Crippen LogP contribution is -2.25. The molecule has 1 aliphatic rings. The van der Waals surface area contributed by atoms with Gasteiger partial charge < -0.3 is 4.74 Å². The molecule has 2 atom stereocenters. The Morgan fingerprint density at radius 2 is 1.73 bits per heavy atom. The lowest BCUT2D eigenvalue weighted by Gasteiger charge is -2.20. The minimum Gasteiger partial charge on any atom is -0.472 e. The minimum absolute atomic E-state index is 0.0758. The van der Waals surface area contributed by atoms with Gasteiger partial charge in [-0.25, -0.2) is 17.8 Å². The third-order valence-electron chi connectivity index (χ3n) is 3.97. The summed E-state index contributed by atoms with van der Waals surface area (Å²) in [4.78, 5) is 3.64. The van der Waals surface area contributed by atoms with Crippen LogP contribution < -0.4 is 0 Å². The van der Waals surface area contributed by atoms with Crippen molar-refractivity contribution >= 4 is 16.2 Å². The fourth-order valence-electron chi connectivity index (χ4n) is 2.58. The van der Waals surface area contributed by atoms with Crippen LogP contribution >= 0.6 is 0 Å². The first kappa shape index (κ1) is 18.4. The summed E-state index contributed by atoms with van der Waals surface area (Å²) in [5.74, 6) is -1.00. The molecule has 0 aromatic heterocycles. The Balaban J connectivity index is 2.03. The van der Waals surface area contributed by atoms with E-state index >= 15 is 0 Å². The summed E-state index contributed by atoms with van der Waals surface area (Å²) in [6.45, 7) is 1.77. The third-order valence-corrected chi connectivity index (χ3v) is 5.91. The fraction of sp³-hybridized carbons (Fsp3) is 0.235. The number of rotatable bonds is 3. The third kappa shape index (κ3) is 3.31. The zero-order chi connectivity index (χ0) is 19.1. The van der Waals surface area contributed by atoms with E-state index in [9.17, 15) is 26.0 Å². The van der Waals surface area contributed by atoms with Crippen molar-refractivity contribution < 1.29 is 30.7 Å². The lowest BCUT2D eigenvalue weighted by molar-refractivity contribution is -0.137. The highest BCUT2D eigenvalue weighted by Crippen LogP contribution is 2.38. The predicted octanol–water partition coefficient (Wildman–Crippen LogP) is 4.05. The van der Waals surface area contributed by atoms with Crippen LogP contribution in [0.25, 0.3) is 0 Å². The number of sulfone groups is 1. The molecule has 0 fully saturated rings. The molecule has 0 bridgehead atoms. The number of hydrogen-bond acceptors (Lipinski definition) is 4. The van der Waals surface area contributed by atoms with Crippen LogP contribution in [-0.4, -0.2) is 20.2 Å². The molecule has 0 N–H and O–H groups in total. The summed E-state index contributed by atoms with van der Waals surface area (Å²) in [5, 5.41) is -1.58. The maximum atomic E-state index is 14.1. The molecule has 9 heteroatoms. The molecule has 0 saturated heterocycles. The van der Waals surface area contributed by atoms with Crippen molar-refractivity contribution in [3.8, 4) is 0 Å². The van der Waals surface area contributed by atoms with Crippen LogP contribution in [0.15, 0.2) is 52.4 Å². The quantitative estimate of drug-likeness (QED) is 0.747. The molecule has 1 heterocycles. The number of alkyl halides is 3. The molecule has 26 heavy (non-hydrogen) atoms. The number of ether oxygens (including phenoxy) is 1. The van der Waals surface area contributed by atoms with Gasteiger partial charge in [0, 0.05) is 5.56 Å². The van der Waals surface area contributed by atoms with E-state index in [1.54, 1.807) is 19.1 Å². The number of halogens is 4. The van der Waals surface area contributed by atoms with Gasteiger partial charge in [0.15, 0.2) is 17.9 Å². The van der Waals surface area contributed by atoms with E-state index in [1.165, 1.54) is 12.1 Å². The molecule has 0 unspecified atom stereocenters. The van der Waals surface area contributed by atoms with E-state index in [0.717, 1.165) is 12.0 Å². The highest BCUT2D eigenvalue weighted by molar-refractivity contribution is 7.92. The predicted molar refractivity (Wildman–Crippen MR) is 85.9 cm³/mol. The molecular formula is C17H13F4NO3S. The molecule has 0 spiro atoms. The second-order valence-corrected chi connectivity index (χ2v) is 7.84.